The highest BCUT2D eigenvalue weighted by atomic mass is 32.1. The van der Waals surface area contributed by atoms with Crippen LogP contribution in [0.1, 0.15) is 12.6 Å². The van der Waals surface area contributed by atoms with Crippen molar-refractivity contribution in [2.75, 3.05) is 63.8 Å². The molecule has 0 atom stereocenters. The molecule has 0 spiro atoms. The van der Waals surface area contributed by atoms with Crippen molar-refractivity contribution in [1.82, 2.24) is 9.88 Å². The molecule has 4 rings (SSSR count). The molecule has 0 saturated carbocycles. The number of anilines is 2. The number of morpholine rings is 1. The van der Waals surface area contributed by atoms with Crippen LogP contribution >= 0.6 is 11.3 Å². The van der Waals surface area contributed by atoms with Crippen LogP contribution in [-0.4, -0.2) is 69.4 Å². The van der Waals surface area contributed by atoms with Gasteiger partial charge in [0.05, 0.1) is 39.2 Å². The summed E-state index contributed by atoms with van der Waals surface area (Å²) in [5.41, 5.74) is 3.83. The third-order valence-electron chi connectivity index (χ3n) is 5.63. The van der Waals surface area contributed by atoms with E-state index in [1.54, 1.807) is 18.4 Å². The Morgan fingerprint density at radius 3 is 2.66 bits per heavy atom. The largest absolute Gasteiger partial charge is 0.493 e. The van der Waals surface area contributed by atoms with Gasteiger partial charge in [0, 0.05) is 42.0 Å². The van der Waals surface area contributed by atoms with Gasteiger partial charge in [-0.3, -0.25) is 9.69 Å². The molecule has 0 radical (unpaired) electrons. The maximum atomic E-state index is 12.6. The summed E-state index contributed by atoms with van der Waals surface area (Å²) in [6.45, 7) is 6.65. The number of carbonyl (C=O) groups is 1. The number of likely N-dealkylation sites (N-methyl/N-ethyl adjacent to an activating group) is 1. The molecule has 2 aromatic carbocycles. The average molecular weight is 497 g/mol. The van der Waals surface area contributed by atoms with Crippen molar-refractivity contribution in [3.8, 4) is 22.1 Å². The van der Waals surface area contributed by atoms with E-state index in [1.165, 1.54) is 0 Å². The summed E-state index contributed by atoms with van der Waals surface area (Å²) in [7, 11) is 3.55. The van der Waals surface area contributed by atoms with Crippen LogP contribution in [0, 0.1) is 0 Å². The molecule has 9 heteroatoms. The Labute approximate surface area is 210 Å². The lowest BCUT2D eigenvalue weighted by molar-refractivity contribution is -0.117. The van der Waals surface area contributed by atoms with Crippen molar-refractivity contribution >= 4 is 28.6 Å². The summed E-state index contributed by atoms with van der Waals surface area (Å²) in [5, 5.41) is 5.91. The second-order valence-corrected chi connectivity index (χ2v) is 9.17. The van der Waals surface area contributed by atoms with Crippen molar-refractivity contribution in [3.05, 3.63) is 53.5 Å². The van der Waals surface area contributed by atoms with Gasteiger partial charge < -0.3 is 24.4 Å². The number of thiazole rings is 1. The number of benzene rings is 2. The Morgan fingerprint density at radius 2 is 1.94 bits per heavy atom. The molecule has 1 N–H and O–H groups in total. The zero-order valence-electron chi connectivity index (χ0n) is 20.5. The van der Waals surface area contributed by atoms with Crippen molar-refractivity contribution in [2.45, 2.75) is 13.5 Å². The standard InChI is InChI=1S/C26H32N4O4S/c1-4-34-23-10-5-19(15-24(23)32-3)26-28-21(18-35-26)16-29(2)17-25(31)27-20-6-8-22(9-7-20)30-11-13-33-14-12-30/h5-10,15,18H,4,11-14,16-17H2,1-3H3,(H,27,31). The van der Waals surface area contributed by atoms with E-state index in [2.05, 4.69) is 10.2 Å². The Balaban J connectivity index is 1.29. The summed E-state index contributed by atoms with van der Waals surface area (Å²) in [6.07, 6.45) is 0. The second kappa shape index (κ2) is 12.0. The molecule has 2 heterocycles. The van der Waals surface area contributed by atoms with Crippen LogP contribution in [-0.2, 0) is 16.1 Å². The SMILES string of the molecule is CCOc1ccc(-c2nc(CN(C)CC(=O)Nc3ccc(N4CCOCC4)cc3)cs2)cc1OC. The lowest BCUT2D eigenvalue weighted by Crippen LogP contribution is -2.36. The highest BCUT2D eigenvalue weighted by Gasteiger charge is 2.14. The van der Waals surface area contributed by atoms with Crippen LogP contribution in [0.15, 0.2) is 47.8 Å². The summed E-state index contributed by atoms with van der Waals surface area (Å²) >= 11 is 1.57. The number of hydrogen-bond acceptors (Lipinski definition) is 8. The zero-order chi connectivity index (χ0) is 24.6. The van der Waals surface area contributed by atoms with Crippen molar-refractivity contribution in [2.24, 2.45) is 0 Å². The van der Waals surface area contributed by atoms with E-state index >= 15 is 0 Å². The topological polar surface area (TPSA) is 76.2 Å². The number of ether oxygens (including phenoxy) is 3. The van der Waals surface area contributed by atoms with E-state index in [0.717, 1.165) is 59.7 Å². The predicted octanol–water partition coefficient (Wildman–Crippen LogP) is 4.12. The third-order valence-corrected chi connectivity index (χ3v) is 6.58. The van der Waals surface area contributed by atoms with E-state index in [-0.39, 0.29) is 12.5 Å². The third kappa shape index (κ3) is 6.72. The van der Waals surface area contributed by atoms with Gasteiger partial charge in [0.15, 0.2) is 11.5 Å². The van der Waals surface area contributed by atoms with Gasteiger partial charge >= 0.3 is 0 Å². The smallest absolute Gasteiger partial charge is 0.238 e. The number of hydrogen-bond donors (Lipinski definition) is 1. The number of amides is 1. The van der Waals surface area contributed by atoms with Crippen LogP contribution in [0.2, 0.25) is 0 Å². The molecule has 186 valence electrons. The molecule has 35 heavy (non-hydrogen) atoms. The predicted molar refractivity (Wildman–Crippen MR) is 140 cm³/mol. The van der Waals surface area contributed by atoms with E-state index in [0.29, 0.717) is 18.9 Å². The highest BCUT2D eigenvalue weighted by molar-refractivity contribution is 7.13. The van der Waals surface area contributed by atoms with Crippen LogP contribution in [0.25, 0.3) is 10.6 Å². The van der Waals surface area contributed by atoms with Gasteiger partial charge in [0.2, 0.25) is 5.91 Å². The lowest BCUT2D eigenvalue weighted by atomic mass is 10.2. The number of nitrogens with zero attached hydrogens (tertiary/aromatic N) is 3. The molecule has 1 saturated heterocycles. The van der Waals surface area contributed by atoms with E-state index < -0.39 is 0 Å². The van der Waals surface area contributed by atoms with Gasteiger partial charge in [-0.1, -0.05) is 0 Å². The molecule has 1 aromatic heterocycles. The zero-order valence-corrected chi connectivity index (χ0v) is 21.3. The first kappa shape index (κ1) is 25.0. The summed E-state index contributed by atoms with van der Waals surface area (Å²) in [5.74, 6) is 1.35. The highest BCUT2D eigenvalue weighted by Crippen LogP contribution is 2.34. The molecule has 0 unspecified atom stereocenters. The quantitative estimate of drug-likeness (QED) is 0.452. The maximum absolute atomic E-state index is 12.6. The van der Waals surface area contributed by atoms with Crippen molar-refractivity contribution in [1.29, 1.82) is 0 Å². The average Bonchev–Trinajstić information content (AvgIpc) is 3.33. The minimum Gasteiger partial charge on any atom is -0.493 e. The second-order valence-electron chi connectivity index (χ2n) is 8.31. The molecule has 1 fully saturated rings. The molecule has 8 nitrogen and oxygen atoms in total. The minimum atomic E-state index is -0.0571. The van der Waals surface area contributed by atoms with Gasteiger partial charge in [-0.05, 0) is 56.4 Å². The summed E-state index contributed by atoms with van der Waals surface area (Å²) < 4.78 is 16.5. The fourth-order valence-corrected chi connectivity index (χ4v) is 4.75. The van der Waals surface area contributed by atoms with Gasteiger partial charge in [-0.2, -0.15) is 0 Å². The monoisotopic (exact) mass is 496 g/mol. The molecule has 3 aromatic rings. The van der Waals surface area contributed by atoms with Crippen molar-refractivity contribution in [3.63, 3.8) is 0 Å². The molecular weight excluding hydrogens is 464 g/mol. The Bertz CT molecular complexity index is 1110. The van der Waals surface area contributed by atoms with E-state index in [9.17, 15) is 4.79 Å². The fourth-order valence-electron chi connectivity index (χ4n) is 3.94. The van der Waals surface area contributed by atoms with Gasteiger partial charge in [-0.25, -0.2) is 4.98 Å². The Morgan fingerprint density at radius 1 is 1.17 bits per heavy atom. The molecule has 1 aliphatic rings. The Kier molecular flexibility index (Phi) is 8.57. The van der Waals surface area contributed by atoms with Crippen LogP contribution in [0.4, 0.5) is 11.4 Å². The number of aromatic nitrogens is 1. The van der Waals surface area contributed by atoms with Crippen LogP contribution < -0.4 is 19.7 Å². The first-order valence-electron chi connectivity index (χ1n) is 11.7. The maximum Gasteiger partial charge on any atom is 0.238 e. The lowest BCUT2D eigenvalue weighted by Gasteiger charge is -2.28. The molecule has 0 bridgehead atoms. The van der Waals surface area contributed by atoms with Gasteiger partial charge in [0.25, 0.3) is 0 Å². The fraction of sp³-hybridized carbons (Fsp3) is 0.385. The summed E-state index contributed by atoms with van der Waals surface area (Å²) in [4.78, 5) is 21.6. The Hall–Kier alpha value is -3.14. The minimum absolute atomic E-state index is 0.0571. The van der Waals surface area contributed by atoms with Crippen LogP contribution in [0.3, 0.4) is 0 Å². The molecular formula is C26H32N4O4S. The number of methoxy groups -OCH3 is 1. The van der Waals surface area contributed by atoms with Crippen LogP contribution in [0.5, 0.6) is 11.5 Å². The van der Waals surface area contributed by atoms with E-state index in [1.807, 2.05) is 66.7 Å². The number of nitrogens with one attached hydrogen (secondary N) is 1. The van der Waals surface area contributed by atoms with Crippen molar-refractivity contribution < 1.29 is 19.0 Å². The normalized spacial score (nSPS) is 13.7. The molecule has 1 aliphatic heterocycles. The molecule has 1 amide bonds. The van der Waals surface area contributed by atoms with Gasteiger partial charge in [0.1, 0.15) is 5.01 Å². The number of rotatable bonds is 10. The summed E-state index contributed by atoms with van der Waals surface area (Å²) in [6, 6.07) is 13.8. The van der Waals surface area contributed by atoms with Gasteiger partial charge in [-0.15, -0.1) is 11.3 Å². The van der Waals surface area contributed by atoms with E-state index in [4.69, 9.17) is 19.2 Å². The first-order chi connectivity index (χ1) is 17.1. The number of carbonyl (C=O) groups excluding carboxylic acids is 1. The molecule has 0 aliphatic carbocycles. The first-order valence-corrected chi connectivity index (χ1v) is 12.6.